The Morgan fingerprint density at radius 3 is 2.63 bits per heavy atom. The number of pyridine rings is 1. The third kappa shape index (κ3) is 6.37. The van der Waals surface area contributed by atoms with Gasteiger partial charge in [0, 0.05) is 11.5 Å². The summed E-state index contributed by atoms with van der Waals surface area (Å²) in [6.45, 7) is 2.80. The molecular formula is C23H23ClF3N5O6. The number of halogens is 4. The zero-order valence-electron chi connectivity index (χ0n) is 20.0. The van der Waals surface area contributed by atoms with Crippen molar-refractivity contribution in [2.45, 2.75) is 19.0 Å². The van der Waals surface area contributed by atoms with Crippen LogP contribution in [0.2, 0.25) is 5.02 Å². The maximum Gasteiger partial charge on any atom is 0.490 e. The maximum absolute atomic E-state index is 10.6. The van der Waals surface area contributed by atoms with E-state index in [2.05, 4.69) is 25.6 Å². The molecule has 2 aliphatic heterocycles. The summed E-state index contributed by atoms with van der Waals surface area (Å²) in [7, 11) is 1.62. The number of hydrogen-bond donors (Lipinski definition) is 3. The zero-order chi connectivity index (χ0) is 27.3. The molecule has 0 spiro atoms. The van der Waals surface area contributed by atoms with Crippen molar-refractivity contribution in [1.82, 2.24) is 20.3 Å². The highest BCUT2D eigenvalue weighted by molar-refractivity contribution is 6.33. The predicted molar refractivity (Wildman–Crippen MR) is 130 cm³/mol. The number of nitrogens with one attached hydrogen (secondary N) is 2. The molecule has 3 N–H and O–H groups in total. The second-order valence-electron chi connectivity index (χ2n) is 8.20. The molecule has 5 rings (SSSR count). The number of rotatable bonds is 6. The van der Waals surface area contributed by atoms with E-state index in [4.69, 9.17) is 40.4 Å². The summed E-state index contributed by atoms with van der Waals surface area (Å²) >= 11 is 6.35. The van der Waals surface area contributed by atoms with E-state index in [-0.39, 0.29) is 6.79 Å². The Hall–Kier alpha value is -3.78. The van der Waals surface area contributed by atoms with Crippen molar-refractivity contribution in [2.75, 3.05) is 38.9 Å². The summed E-state index contributed by atoms with van der Waals surface area (Å²) in [4.78, 5) is 21.8. The number of aromatic nitrogens is 3. The minimum atomic E-state index is -5.08. The van der Waals surface area contributed by atoms with Crippen LogP contribution in [0.15, 0.2) is 24.7 Å². The molecule has 0 amide bonds. The van der Waals surface area contributed by atoms with Crippen molar-refractivity contribution in [3.8, 4) is 23.1 Å². The lowest BCUT2D eigenvalue weighted by atomic mass is 9.99. The summed E-state index contributed by atoms with van der Waals surface area (Å²) in [5, 5.41) is 14.9. The maximum atomic E-state index is 10.6. The lowest BCUT2D eigenvalue weighted by molar-refractivity contribution is -0.192. The summed E-state index contributed by atoms with van der Waals surface area (Å²) in [5.41, 5.74) is 1.26. The fourth-order valence-corrected chi connectivity index (χ4v) is 3.94. The minimum absolute atomic E-state index is 0.0907. The number of hydrogen-bond acceptors (Lipinski definition) is 10. The van der Waals surface area contributed by atoms with Gasteiger partial charge in [0.2, 0.25) is 12.5 Å². The smallest absolute Gasteiger partial charge is 0.490 e. The molecule has 1 saturated heterocycles. The average molecular weight is 558 g/mol. The minimum Gasteiger partial charge on any atom is -0.493 e. The van der Waals surface area contributed by atoms with Gasteiger partial charge in [-0.15, -0.1) is 0 Å². The van der Waals surface area contributed by atoms with Gasteiger partial charge in [-0.2, -0.15) is 13.2 Å². The molecule has 0 radical (unpaired) electrons. The fourth-order valence-electron chi connectivity index (χ4n) is 3.76. The van der Waals surface area contributed by atoms with Gasteiger partial charge >= 0.3 is 12.1 Å². The van der Waals surface area contributed by atoms with Crippen molar-refractivity contribution < 1.29 is 42.0 Å². The second-order valence-corrected chi connectivity index (χ2v) is 8.60. The quantitative estimate of drug-likeness (QED) is 0.402. The third-order valence-electron chi connectivity index (χ3n) is 5.69. The van der Waals surface area contributed by atoms with Gasteiger partial charge in [-0.1, -0.05) is 11.6 Å². The molecule has 0 saturated carbocycles. The Labute approximate surface area is 219 Å². The monoisotopic (exact) mass is 557 g/mol. The molecule has 38 heavy (non-hydrogen) atoms. The molecule has 0 unspecified atom stereocenters. The number of piperidine rings is 1. The first-order chi connectivity index (χ1) is 18.2. The number of benzene rings is 1. The van der Waals surface area contributed by atoms with E-state index < -0.39 is 12.1 Å². The van der Waals surface area contributed by atoms with Gasteiger partial charge in [-0.05, 0) is 37.9 Å². The van der Waals surface area contributed by atoms with Gasteiger partial charge < -0.3 is 34.7 Å². The van der Waals surface area contributed by atoms with E-state index >= 15 is 0 Å². The first kappa shape index (κ1) is 27.3. The number of anilines is 2. The molecule has 2 aliphatic rings. The fraction of sp³-hybridized carbons (Fsp3) is 0.391. The predicted octanol–water partition coefficient (Wildman–Crippen LogP) is 4.17. The number of carboxylic acids is 1. The molecule has 11 nitrogen and oxygen atoms in total. The van der Waals surface area contributed by atoms with E-state index in [1.165, 1.54) is 12.5 Å². The van der Waals surface area contributed by atoms with Crippen LogP contribution in [-0.4, -0.2) is 65.8 Å². The Bertz CT molecular complexity index is 1310. The number of nitrogens with zero attached hydrogens (tertiary/aromatic N) is 3. The topological polar surface area (TPSA) is 137 Å². The number of methoxy groups -OCH3 is 1. The molecule has 204 valence electrons. The first-order valence-corrected chi connectivity index (χ1v) is 11.7. The van der Waals surface area contributed by atoms with Crippen molar-refractivity contribution in [1.29, 1.82) is 0 Å². The number of carboxylic acid groups (broad SMARTS) is 1. The van der Waals surface area contributed by atoms with Crippen LogP contribution in [0.5, 0.6) is 23.1 Å². The number of ether oxygens (including phenoxy) is 4. The van der Waals surface area contributed by atoms with Crippen LogP contribution in [0.1, 0.15) is 12.8 Å². The van der Waals surface area contributed by atoms with Crippen LogP contribution in [0.3, 0.4) is 0 Å². The number of aliphatic carboxylic acids is 1. The summed E-state index contributed by atoms with van der Waals surface area (Å²) in [6, 6.07) is 3.74. The summed E-state index contributed by atoms with van der Waals surface area (Å²) < 4.78 is 54.3. The van der Waals surface area contributed by atoms with Gasteiger partial charge in [-0.3, -0.25) is 0 Å². The van der Waals surface area contributed by atoms with E-state index in [1.54, 1.807) is 7.11 Å². The van der Waals surface area contributed by atoms with Gasteiger partial charge in [0.25, 0.3) is 5.88 Å². The molecule has 0 atom stereocenters. The molecule has 2 aromatic heterocycles. The van der Waals surface area contributed by atoms with E-state index in [0.717, 1.165) is 36.8 Å². The van der Waals surface area contributed by atoms with Gasteiger partial charge in [-0.25, -0.2) is 19.7 Å². The van der Waals surface area contributed by atoms with Gasteiger partial charge in [0.15, 0.2) is 11.5 Å². The largest absolute Gasteiger partial charge is 0.493 e. The van der Waals surface area contributed by atoms with Crippen molar-refractivity contribution in [2.24, 2.45) is 5.92 Å². The molecule has 3 aromatic rings. The molecule has 15 heteroatoms. The molecular weight excluding hydrogens is 535 g/mol. The number of alkyl halides is 3. The first-order valence-electron chi connectivity index (χ1n) is 11.3. The zero-order valence-corrected chi connectivity index (χ0v) is 20.7. The van der Waals surface area contributed by atoms with Crippen LogP contribution in [0, 0.1) is 5.92 Å². The molecule has 4 heterocycles. The lowest BCUT2D eigenvalue weighted by Gasteiger charge is -2.23. The Morgan fingerprint density at radius 1 is 1.21 bits per heavy atom. The van der Waals surface area contributed by atoms with Crippen LogP contribution in [0.4, 0.5) is 24.7 Å². The summed E-state index contributed by atoms with van der Waals surface area (Å²) in [6.07, 6.45) is 0.123. The van der Waals surface area contributed by atoms with E-state index in [9.17, 15) is 13.2 Å². The van der Waals surface area contributed by atoms with Gasteiger partial charge in [0.05, 0.1) is 30.5 Å². The number of fused-ring (bicyclic) bond motifs is 2. The van der Waals surface area contributed by atoms with Crippen molar-refractivity contribution in [3.63, 3.8) is 0 Å². The van der Waals surface area contributed by atoms with Crippen molar-refractivity contribution in [3.05, 3.63) is 29.7 Å². The Morgan fingerprint density at radius 2 is 1.95 bits per heavy atom. The van der Waals surface area contributed by atoms with Crippen molar-refractivity contribution >= 4 is 40.0 Å². The standard InChI is InChI=1S/C21H22ClN5O4.C2HF3O2/c1-28-16-6-13-15(7-17(16)29-9-12-2-4-23-5-3-12)25-10-26-20(13)27-18-14(22)8-24-21-19(18)30-11-31-21;3-2(4,5)1(6)7/h6-8,10,12,23H,2-5,9,11H2,1H3,(H,24,25,26,27);(H,6,7). The van der Waals surface area contributed by atoms with E-state index in [0.29, 0.717) is 52.2 Å². The highest BCUT2D eigenvalue weighted by Gasteiger charge is 2.38. The van der Waals surface area contributed by atoms with Crippen LogP contribution in [0.25, 0.3) is 10.9 Å². The molecule has 1 fully saturated rings. The SMILES string of the molecule is COc1cc2c(Nc3c(Cl)cnc4c3OCO4)ncnc2cc1OCC1CCNCC1.O=C(O)C(F)(F)F. The molecule has 1 aromatic carbocycles. The Kier molecular flexibility index (Phi) is 8.42. The summed E-state index contributed by atoms with van der Waals surface area (Å²) in [5.74, 6) is 0.446. The van der Waals surface area contributed by atoms with Gasteiger partial charge in [0.1, 0.15) is 17.8 Å². The van der Waals surface area contributed by atoms with E-state index in [1.807, 2.05) is 12.1 Å². The number of carbonyl (C=O) groups is 1. The highest BCUT2D eigenvalue weighted by Crippen LogP contribution is 2.44. The molecule has 0 bridgehead atoms. The van der Waals surface area contributed by atoms with Crippen LogP contribution >= 0.6 is 11.6 Å². The highest BCUT2D eigenvalue weighted by atomic mass is 35.5. The van der Waals surface area contributed by atoms with Crippen LogP contribution < -0.4 is 29.6 Å². The average Bonchev–Trinajstić information content (AvgIpc) is 3.38. The normalized spacial score (nSPS) is 15.0. The van der Waals surface area contributed by atoms with Crippen LogP contribution in [-0.2, 0) is 4.79 Å². The third-order valence-corrected chi connectivity index (χ3v) is 5.98. The lowest BCUT2D eigenvalue weighted by Crippen LogP contribution is -2.30. The Balaban J connectivity index is 0.000000426. The molecule has 0 aliphatic carbocycles. The second kappa shape index (κ2) is 11.7.